The molecule has 2 fully saturated rings. The first-order chi connectivity index (χ1) is 20.8. The van der Waals surface area contributed by atoms with E-state index in [4.69, 9.17) is 4.74 Å². The zero-order valence-corrected chi connectivity index (χ0v) is 27.8. The van der Waals surface area contributed by atoms with Crippen LogP contribution in [0.5, 0.6) is 0 Å². The molecule has 4 rings (SSSR count). The molecule has 2 unspecified atom stereocenters. The molecule has 2 saturated heterocycles. The van der Waals surface area contributed by atoms with Gasteiger partial charge in [0.15, 0.2) is 0 Å². The van der Waals surface area contributed by atoms with E-state index < -0.39 is 30.4 Å². The minimum absolute atomic E-state index is 0. The van der Waals surface area contributed by atoms with Gasteiger partial charge in [-0.1, -0.05) is 39.8 Å². The van der Waals surface area contributed by atoms with Crippen LogP contribution in [0.25, 0.3) is 0 Å². The van der Waals surface area contributed by atoms with Gasteiger partial charge >= 0.3 is 30.8 Å². The second-order valence-electron chi connectivity index (χ2n) is 12.5. The monoisotopic (exact) mass is 644 g/mol. The normalized spacial score (nSPS) is 16.6. The molecule has 2 aromatic rings. The molecular formula is C32H47F2LiN4O7. The molecular weight excluding hydrogens is 597 g/mol. The minimum Gasteiger partial charge on any atom is -0.870 e. The second kappa shape index (κ2) is 19.1. The number of pyridine rings is 2. The maximum absolute atomic E-state index is 12.9. The number of carbonyl (C=O) groups excluding carboxylic acids is 1. The van der Waals surface area contributed by atoms with Crippen LogP contribution in [0, 0.1) is 11.8 Å². The fraction of sp³-hybridized carbons (Fsp3) is 0.625. The summed E-state index contributed by atoms with van der Waals surface area (Å²) >= 11 is 0. The van der Waals surface area contributed by atoms with E-state index in [-0.39, 0.29) is 59.9 Å². The van der Waals surface area contributed by atoms with Crippen molar-refractivity contribution in [2.45, 2.75) is 85.0 Å². The van der Waals surface area contributed by atoms with Crippen LogP contribution in [0.15, 0.2) is 46.2 Å². The van der Waals surface area contributed by atoms with Gasteiger partial charge < -0.3 is 24.5 Å². The predicted molar refractivity (Wildman–Crippen MR) is 165 cm³/mol. The van der Waals surface area contributed by atoms with Crippen LogP contribution in [0.1, 0.15) is 70.7 Å². The maximum atomic E-state index is 12.9. The molecule has 0 aliphatic carbocycles. The maximum Gasteiger partial charge on any atom is 1.00 e. The Labute approximate surface area is 281 Å². The topological polar surface area (TPSA) is 144 Å². The van der Waals surface area contributed by atoms with Gasteiger partial charge in [-0.2, -0.15) is 0 Å². The Morgan fingerprint density at radius 3 is 1.54 bits per heavy atom. The molecule has 2 aromatic heterocycles. The summed E-state index contributed by atoms with van der Waals surface area (Å²) in [5, 5.41) is 9.35. The average Bonchev–Trinajstić information content (AvgIpc) is 2.91. The number of carbonyl (C=O) groups is 2. The quantitative estimate of drug-likeness (QED) is 0.246. The number of esters is 1. The van der Waals surface area contributed by atoms with Crippen molar-refractivity contribution in [1.82, 2.24) is 18.9 Å². The fourth-order valence-corrected chi connectivity index (χ4v) is 5.35. The van der Waals surface area contributed by atoms with Crippen molar-refractivity contribution in [2.75, 3.05) is 32.8 Å². The molecule has 0 spiro atoms. The summed E-state index contributed by atoms with van der Waals surface area (Å²) in [7, 11) is 0. The van der Waals surface area contributed by atoms with E-state index in [0.717, 1.165) is 11.1 Å². The number of likely N-dealkylation sites (tertiary alicyclic amines) is 2. The smallest absolute Gasteiger partial charge is 0.870 e. The van der Waals surface area contributed by atoms with Gasteiger partial charge in [-0.05, 0) is 42.7 Å². The van der Waals surface area contributed by atoms with Gasteiger partial charge in [-0.3, -0.25) is 19.4 Å². The van der Waals surface area contributed by atoms with Crippen LogP contribution in [-0.2, 0) is 27.4 Å². The molecule has 0 bridgehead atoms. The summed E-state index contributed by atoms with van der Waals surface area (Å²) in [5.74, 6) is -0.962. The van der Waals surface area contributed by atoms with Crippen LogP contribution in [0.2, 0.25) is 0 Å². The first kappa shape index (κ1) is 41.2. The van der Waals surface area contributed by atoms with Gasteiger partial charge in [-0.25, -0.2) is 18.4 Å². The van der Waals surface area contributed by atoms with Crippen LogP contribution < -0.4 is 30.0 Å². The Hall–Kier alpha value is -2.82. The molecule has 0 radical (unpaired) electrons. The van der Waals surface area contributed by atoms with E-state index in [1.165, 1.54) is 21.3 Å². The number of rotatable bonds is 13. The van der Waals surface area contributed by atoms with Crippen molar-refractivity contribution in [2.24, 2.45) is 11.8 Å². The first-order valence-electron chi connectivity index (χ1n) is 15.3. The minimum atomic E-state index is -1.00. The number of hydrogen-bond acceptors (Lipinski definition) is 8. The SMILES string of the molecule is CC(C)CC(C(=O)O)n1cc(CN2CC(F)C2)ccc1=O.CCOC(=O)C(CC(C)C)n1cc(CN2CC(F)C2)ccc1=O.[Li+].[OH-]. The third kappa shape index (κ3) is 12.1. The van der Waals surface area contributed by atoms with E-state index in [9.17, 15) is 33.1 Å². The molecule has 2 atom stereocenters. The number of aromatic nitrogens is 2. The van der Waals surface area contributed by atoms with Gasteiger partial charge in [0.2, 0.25) is 0 Å². The molecule has 14 heteroatoms. The summed E-state index contributed by atoms with van der Waals surface area (Å²) in [5.41, 5.74) is 1.18. The zero-order chi connectivity index (χ0) is 32.6. The fourth-order valence-electron chi connectivity index (χ4n) is 5.35. The molecule has 252 valence electrons. The Morgan fingerprint density at radius 2 is 1.20 bits per heavy atom. The second-order valence-corrected chi connectivity index (χ2v) is 12.5. The van der Waals surface area contributed by atoms with E-state index >= 15 is 0 Å². The molecule has 2 aliphatic heterocycles. The van der Waals surface area contributed by atoms with E-state index in [1.54, 1.807) is 31.5 Å². The Bertz CT molecular complexity index is 1370. The van der Waals surface area contributed by atoms with Crippen molar-refractivity contribution >= 4 is 11.9 Å². The number of ether oxygens (including phenoxy) is 1. The summed E-state index contributed by atoms with van der Waals surface area (Å²) in [6.07, 6.45) is 2.71. The van der Waals surface area contributed by atoms with Gasteiger partial charge in [0, 0.05) is 63.8 Å². The number of halogens is 2. The van der Waals surface area contributed by atoms with Gasteiger partial charge in [0.1, 0.15) is 24.4 Å². The first-order valence-corrected chi connectivity index (χ1v) is 15.3. The molecule has 11 nitrogen and oxygen atoms in total. The van der Waals surface area contributed by atoms with E-state index in [0.29, 0.717) is 52.1 Å². The Morgan fingerprint density at radius 1 is 0.804 bits per heavy atom. The van der Waals surface area contributed by atoms with Crippen LogP contribution in [-0.4, -0.2) is 86.6 Å². The van der Waals surface area contributed by atoms with Gasteiger partial charge in [-0.15, -0.1) is 0 Å². The molecule has 46 heavy (non-hydrogen) atoms. The summed E-state index contributed by atoms with van der Waals surface area (Å²) in [6.45, 7) is 12.6. The van der Waals surface area contributed by atoms with Gasteiger partial charge in [0.05, 0.1) is 6.61 Å². The molecule has 0 saturated carbocycles. The Kier molecular flexibility index (Phi) is 17.1. The number of alkyl halides is 2. The predicted octanol–water partition coefficient (Wildman–Crippen LogP) is 0.653. The van der Waals surface area contributed by atoms with E-state index in [2.05, 4.69) is 0 Å². The van der Waals surface area contributed by atoms with Crippen molar-refractivity contribution < 1.29 is 52.6 Å². The van der Waals surface area contributed by atoms with Crippen molar-refractivity contribution in [3.05, 3.63) is 68.5 Å². The van der Waals surface area contributed by atoms with Crippen molar-refractivity contribution in [1.29, 1.82) is 0 Å². The average molecular weight is 645 g/mol. The zero-order valence-electron chi connectivity index (χ0n) is 27.8. The number of carboxylic acid groups (broad SMARTS) is 1. The van der Waals surface area contributed by atoms with Crippen LogP contribution >= 0.6 is 0 Å². The summed E-state index contributed by atoms with van der Waals surface area (Å²) < 4.78 is 33.6. The van der Waals surface area contributed by atoms with Gasteiger partial charge in [0.25, 0.3) is 11.1 Å². The number of hydrogen-bond donors (Lipinski definition) is 1. The van der Waals surface area contributed by atoms with Crippen molar-refractivity contribution in [3.8, 4) is 0 Å². The van der Waals surface area contributed by atoms with E-state index in [1.807, 2.05) is 37.5 Å². The third-order valence-corrected chi connectivity index (χ3v) is 7.54. The number of carboxylic acids is 1. The largest absolute Gasteiger partial charge is 1.00 e. The molecule has 4 heterocycles. The molecule has 2 N–H and O–H groups in total. The summed E-state index contributed by atoms with van der Waals surface area (Å²) in [4.78, 5) is 51.7. The van der Waals surface area contributed by atoms with Crippen molar-refractivity contribution in [3.63, 3.8) is 0 Å². The molecule has 2 aliphatic rings. The van der Waals surface area contributed by atoms with Crippen LogP contribution in [0.4, 0.5) is 8.78 Å². The molecule has 0 aromatic carbocycles. The standard InChI is InChI=1S/C17H25FN2O3.C15H21FN2O3.Li.H2O/c1-4-23-17(22)15(7-12(2)3)20-9-13(5-6-16(20)21)8-19-10-14(18)11-19;1-10(2)5-13(15(20)21)18-7-11(3-4-14(18)19)6-17-8-12(16)9-17;;/h5-6,9,12,14-15H,4,7-8,10-11H2,1-3H3;3-4,7,10,12-13H,5-6,8-9H2,1-2H3,(H,20,21);;1H2/q;;+1;/p-1. The number of aliphatic carboxylic acids is 1. The molecule has 0 amide bonds. The summed E-state index contributed by atoms with van der Waals surface area (Å²) in [6, 6.07) is 4.79. The third-order valence-electron chi connectivity index (χ3n) is 7.54. The Balaban J connectivity index is 0.000000442. The van der Waals surface area contributed by atoms with Crippen LogP contribution in [0.3, 0.4) is 0 Å². The number of nitrogens with zero attached hydrogens (tertiary/aromatic N) is 4.